The first kappa shape index (κ1) is 49.8. The van der Waals surface area contributed by atoms with E-state index in [0.717, 1.165) is 50.0 Å². The van der Waals surface area contributed by atoms with Crippen LogP contribution in [0.2, 0.25) is 0 Å². The van der Waals surface area contributed by atoms with Gasteiger partial charge in [0.15, 0.2) is 0 Å². The standard InChI is InChI=1S/2C16H35O2PS2.Zn/c2*1-5-9-11-15(7-3)13-18-19(17,20)21-14-16(8-4)12-10-6-2;/h2*15-16H,5-14H2,1-4H3,(H,17,20);/q;;+2/p-2. The van der Waals surface area contributed by atoms with Crippen molar-refractivity contribution in [3.05, 3.63) is 0 Å². The third-order valence-electron chi connectivity index (χ3n) is 8.05. The topological polar surface area (TPSA) is 64.6 Å². The van der Waals surface area contributed by atoms with Crippen molar-refractivity contribution in [3.63, 3.8) is 0 Å². The fraction of sp³-hybridized carbons (Fsp3) is 1.00. The van der Waals surface area contributed by atoms with E-state index in [4.69, 9.17) is 32.7 Å². The molecule has 6 unspecified atom stereocenters. The molecule has 0 aromatic carbocycles. The molecule has 0 bridgehead atoms. The zero-order valence-corrected chi connectivity index (χ0v) is 37.3. The summed E-state index contributed by atoms with van der Waals surface area (Å²) in [4.78, 5) is 24.7. The second-order valence-corrected chi connectivity index (χ2v) is 23.9. The van der Waals surface area contributed by atoms with Crippen molar-refractivity contribution in [2.75, 3.05) is 24.7 Å². The third-order valence-corrected chi connectivity index (χ3v) is 16.8. The van der Waals surface area contributed by atoms with Crippen LogP contribution in [0.3, 0.4) is 0 Å². The maximum atomic E-state index is 12.4. The number of hydrogen-bond acceptors (Lipinski definition) is 8. The summed E-state index contributed by atoms with van der Waals surface area (Å²) >= 11 is 13.2. The Bertz CT molecular complexity index is 590. The van der Waals surface area contributed by atoms with Gasteiger partial charge in [0.25, 0.3) is 0 Å². The molecule has 0 heterocycles. The minimum Gasteiger partial charge on any atom is -0.793 e. The van der Waals surface area contributed by atoms with Gasteiger partial charge >= 0.3 is 19.5 Å². The maximum Gasteiger partial charge on any atom is 2.00 e. The molecule has 0 aliphatic rings. The van der Waals surface area contributed by atoms with Crippen LogP contribution in [-0.2, 0) is 52.1 Å². The Balaban J connectivity index is -0.000000727. The summed E-state index contributed by atoms with van der Waals surface area (Å²) < 4.78 is 11.2. The van der Waals surface area contributed by atoms with E-state index in [9.17, 15) is 9.79 Å². The normalized spacial score (nSPS) is 17.0. The van der Waals surface area contributed by atoms with Crippen molar-refractivity contribution in [2.24, 2.45) is 23.7 Å². The molecule has 0 aliphatic carbocycles. The average molecular weight is 772 g/mol. The Labute approximate surface area is 300 Å². The Hall–Kier alpha value is 2.46. The van der Waals surface area contributed by atoms with Crippen LogP contribution in [0.4, 0.5) is 0 Å². The van der Waals surface area contributed by atoms with Gasteiger partial charge in [0.2, 0.25) is 0 Å². The summed E-state index contributed by atoms with van der Waals surface area (Å²) in [5, 5.41) is 0. The van der Waals surface area contributed by atoms with Gasteiger partial charge in [-0.05, 0) is 49.4 Å². The van der Waals surface area contributed by atoms with Crippen molar-refractivity contribution >= 4 is 57.8 Å². The molecule has 0 amide bonds. The quantitative estimate of drug-likeness (QED) is 0.0575. The van der Waals surface area contributed by atoms with E-state index >= 15 is 0 Å². The van der Waals surface area contributed by atoms with Crippen LogP contribution in [0.15, 0.2) is 0 Å². The molecule has 0 aromatic rings. The van der Waals surface area contributed by atoms with Crippen LogP contribution >= 0.6 is 34.2 Å². The molecule has 0 saturated carbocycles. The fourth-order valence-electron chi connectivity index (χ4n) is 4.45. The van der Waals surface area contributed by atoms with Crippen molar-refractivity contribution in [1.82, 2.24) is 0 Å². The summed E-state index contributed by atoms with van der Waals surface area (Å²) in [6.45, 7) is 18.7. The van der Waals surface area contributed by atoms with Gasteiger partial charge in [-0.1, -0.05) is 156 Å². The van der Waals surface area contributed by atoms with Crippen LogP contribution in [0.25, 0.3) is 0 Å². The van der Waals surface area contributed by atoms with E-state index in [1.807, 2.05) is 0 Å². The molecule has 11 heteroatoms. The first-order valence-corrected chi connectivity index (χ1v) is 25.6. The minimum atomic E-state index is -2.89. The molecule has 0 radical (unpaired) electrons. The Kier molecular flexibility index (Phi) is 38.2. The van der Waals surface area contributed by atoms with Gasteiger partial charge in [-0.3, -0.25) is 0 Å². The summed E-state index contributed by atoms with van der Waals surface area (Å²) in [5.74, 6) is 4.01. The van der Waals surface area contributed by atoms with Gasteiger partial charge in [-0.15, -0.1) is 22.8 Å². The first-order valence-electron chi connectivity index (χ1n) is 17.2. The predicted octanol–water partition coefficient (Wildman–Crippen LogP) is 11.5. The van der Waals surface area contributed by atoms with Crippen LogP contribution in [0.1, 0.15) is 158 Å². The number of rotatable bonds is 28. The van der Waals surface area contributed by atoms with Crippen molar-refractivity contribution < 1.29 is 38.3 Å². The first-order chi connectivity index (χ1) is 20.0. The van der Waals surface area contributed by atoms with E-state index in [-0.39, 0.29) is 19.5 Å². The maximum absolute atomic E-state index is 12.4. The second-order valence-electron chi connectivity index (χ2n) is 11.7. The van der Waals surface area contributed by atoms with Crippen LogP contribution in [-0.4, -0.2) is 24.7 Å². The number of hydrogen-bond donors (Lipinski definition) is 0. The average Bonchev–Trinajstić information content (AvgIpc) is 2.98. The molecule has 6 atom stereocenters. The van der Waals surface area contributed by atoms with Crippen LogP contribution in [0.5, 0.6) is 0 Å². The minimum absolute atomic E-state index is 0. The van der Waals surface area contributed by atoms with E-state index in [2.05, 4.69) is 55.4 Å². The van der Waals surface area contributed by atoms with Crippen molar-refractivity contribution in [1.29, 1.82) is 0 Å². The second kappa shape index (κ2) is 33.0. The molecule has 0 saturated heterocycles. The van der Waals surface area contributed by atoms with Crippen LogP contribution in [0, 0.1) is 23.7 Å². The molecule has 0 rings (SSSR count). The molecule has 0 aromatic heterocycles. The Morgan fingerprint density at radius 2 is 0.767 bits per heavy atom. The zero-order chi connectivity index (χ0) is 32.3. The van der Waals surface area contributed by atoms with Crippen molar-refractivity contribution in [3.8, 4) is 0 Å². The van der Waals surface area contributed by atoms with E-state index in [1.165, 1.54) is 87.0 Å². The fourth-order valence-corrected chi connectivity index (χ4v) is 11.6. The molecular weight excluding hydrogens is 704 g/mol. The summed E-state index contributed by atoms with van der Waals surface area (Å²) in [7, 11) is 0. The molecule has 0 fully saturated rings. The van der Waals surface area contributed by atoms with Crippen LogP contribution < -0.4 is 9.79 Å². The molecule has 0 N–H and O–H groups in total. The molecule has 0 aliphatic heterocycles. The number of unbranched alkanes of at least 4 members (excludes halogenated alkanes) is 4. The molecule has 43 heavy (non-hydrogen) atoms. The third kappa shape index (κ3) is 31.5. The predicted molar refractivity (Wildman–Crippen MR) is 199 cm³/mol. The van der Waals surface area contributed by atoms with Gasteiger partial charge < -0.3 is 18.8 Å². The van der Waals surface area contributed by atoms with E-state index in [1.54, 1.807) is 0 Å². The van der Waals surface area contributed by atoms with Crippen molar-refractivity contribution in [2.45, 2.75) is 158 Å². The summed E-state index contributed by atoms with van der Waals surface area (Å²) in [6, 6.07) is 0. The Morgan fingerprint density at radius 1 is 0.512 bits per heavy atom. The van der Waals surface area contributed by atoms with Gasteiger partial charge in [0, 0.05) is 22.9 Å². The van der Waals surface area contributed by atoms with E-state index in [0.29, 0.717) is 36.9 Å². The largest absolute Gasteiger partial charge is 2.00 e. The SMILES string of the molecule is CCCCC(CC)COP([O-])(=S)SCC(CC)CCCC.CCCCC(CC)COP([O-])(=S)SCC(CC)CCCC.[Zn+2]. The molecular formula is C32H68O4P2S4Zn. The van der Waals surface area contributed by atoms with E-state index < -0.39 is 11.4 Å². The molecule has 0 spiro atoms. The smallest absolute Gasteiger partial charge is 0.793 e. The van der Waals surface area contributed by atoms with Gasteiger partial charge in [-0.2, -0.15) is 0 Å². The molecule has 4 nitrogen and oxygen atoms in total. The zero-order valence-electron chi connectivity index (χ0n) is 29.3. The van der Waals surface area contributed by atoms with Gasteiger partial charge in [-0.25, -0.2) is 0 Å². The van der Waals surface area contributed by atoms with Gasteiger partial charge in [0.05, 0.1) is 13.2 Å². The monoisotopic (exact) mass is 770 g/mol. The molecule has 256 valence electrons. The summed E-state index contributed by atoms with van der Waals surface area (Å²) in [5.41, 5.74) is -5.78. The van der Waals surface area contributed by atoms with Gasteiger partial charge in [0.1, 0.15) is 0 Å². The summed E-state index contributed by atoms with van der Waals surface area (Å²) in [6.07, 6.45) is 18.9. The Morgan fingerprint density at radius 3 is 1.00 bits per heavy atom.